The van der Waals surface area contributed by atoms with Crippen LogP contribution in [0.25, 0.3) is 0 Å². The maximum absolute atomic E-state index is 12.5. The molecule has 6 heteroatoms. The van der Waals surface area contributed by atoms with Gasteiger partial charge < -0.3 is 14.6 Å². The molecule has 25 heavy (non-hydrogen) atoms. The van der Waals surface area contributed by atoms with E-state index in [-0.39, 0.29) is 6.54 Å². The monoisotopic (exact) mass is 349 g/mol. The maximum atomic E-state index is 12.5. The van der Waals surface area contributed by atoms with Crippen molar-refractivity contribution >= 4 is 12.1 Å². The van der Waals surface area contributed by atoms with Crippen molar-refractivity contribution < 1.29 is 24.2 Å². The molecule has 0 spiro atoms. The number of carbonyl (C=O) groups excluding carboxylic acids is 2. The highest BCUT2D eigenvalue weighted by Gasteiger charge is 2.47. The third-order valence-electron chi connectivity index (χ3n) is 4.07. The van der Waals surface area contributed by atoms with E-state index in [0.29, 0.717) is 12.0 Å². The third kappa shape index (κ3) is 4.95. The van der Waals surface area contributed by atoms with Crippen LogP contribution in [-0.2, 0) is 9.47 Å². The highest BCUT2D eigenvalue weighted by atomic mass is 16.6. The molecular weight excluding hydrogens is 322 g/mol. The van der Waals surface area contributed by atoms with Gasteiger partial charge in [0.2, 0.25) is 0 Å². The molecule has 1 aromatic carbocycles. The summed E-state index contributed by atoms with van der Waals surface area (Å²) in [6.45, 7) is 9.00. The predicted octanol–water partition coefficient (Wildman–Crippen LogP) is 2.99. The summed E-state index contributed by atoms with van der Waals surface area (Å²) in [5.74, 6) is -0.462. The number of benzene rings is 1. The summed E-state index contributed by atoms with van der Waals surface area (Å²) in [5.41, 5.74) is -1.17. The number of hydrogen-bond donors (Lipinski definition) is 1. The Labute approximate surface area is 148 Å². The van der Waals surface area contributed by atoms with Crippen LogP contribution in [0.1, 0.15) is 51.4 Å². The first-order chi connectivity index (χ1) is 11.5. The summed E-state index contributed by atoms with van der Waals surface area (Å²) < 4.78 is 11.1. The number of rotatable bonds is 3. The van der Waals surface area contributed by atoms with Gasteiger partial charge in [0.1, 0.15) is 11.2 Å². The van der Waals surface area contributed by atoms with Crippen LogP contribution >= 0.6 is 0 Å². The van der Waals surface area contributed by atoms with Crippen molar-refractivity contribution in [1.82, 2.24) is 4.90 Å². The Morgan fingerprint density at radius 1 is 1.08 bits per heavy atom. The van der Waals surface area contributed by atoms with Gasteiger partial charge in [-0.05, 0) is 53.2 Å². The Balaban J connectivity index is 2.15. The standard InChI is InChI=1S/C19H27NO5/c1-18(2,3)25-17(23)20-12-14(21)11-15(20)19(4,5)24-16(22)13-9-7-6-8-10-13/h6-10,14-15,21H,11-12H2,1-5H3/t14-,15-/m1/s1. The molecule has 0 aromatic heterocycles. The van der Waals surface area contributed by atoms with E-state index < -0.39 is 35.4 Å². The molecule has 2 atom stereocenters. The molecule has 0 bridgehead atoms. The number of amides is 1. The summed E-state index contributed by atoms with van der Waals surface area (Å²) in [4.78, 5) is 26.3. The zero-order valence-electron chi connectivity index (χ0n) is 15.5. The van der Waals surface area contributed by atoms with Crippen molar-refractivity contribution in [1.29, 1.82) is 0 Å². The lowest BCUT2D eigenvalue weighted by atomic mass is 9.95. The number of aliphatic hydroxyl groups excluding tert-OH is 1. The van der Waals surface area contributed by atoms with Crippen molar-refractivity contribution in [2.45, 2.75) is 64.4 Å². The largest absolute Gasteiger partial charge is 0.454 e. The third-order valence-corrected chi connectivity index (χ3v) is 4.07. The molecular formula is C19H27NO5. The average Bonchev–Trinajstić information content (AvgIpc) is 2.89. The van der Waals surface area contributed by atoms with Gasteiger partial charge in [-0.2, -0.15) is 0 Å². The minimum Gasteiger partial charge on any atom is -0.454 e. The van der Waals surface area contributed by atoms with E-state index in [1.54, 1.807) is 58.9 Å². The van der Waals surface area contributed by atoms with Gasteiger partial charge in [-0.25, -0.2) is 9.59 Å². The molecule has 0 saturated carbocycles. The van der Waals surface area contributed by atoms with Crippen molar-refractivity contribution in [3.63, 3.8) is 0 Å². The first-order valence-electron chi connectivity index (χ1n) is 8.46. The molecule has 0 radical (unpaired) electrons. The normalized spacial score (nSPS) is 21.1. The van der Waals surface area contributed by atoms with Gasteiger partial charge >= 0.3 is 12.1 Å². The van der Waals surface area contributed by atoms with Crippen LogP contribution in [0, 0.1) is 0 Å². The smallest absolute Gasteiger partial charge is 0.410 e. The number of hydrogen-bond acceptors (Lipinski definition) is 5. The number of likely N-dealkylation sites (tertiary alicyclic amines) is 1. The van der Waals surface area contributed by atoms with E-state index in [1.165, 1.54) is 4.90 Å². The van der Waals surface area contributed by atoms with E-state index in [9.17, 15) is 14.7 Å². The molecule has 1 saturated heterocycles. The lowest BCUT2D eigenvalue weighted by molar-refractivity contribution is -0.0459. The van der Waals surface area contributed by atoms with Crippen LogP contribution in [0.5, 0.6) is 0 Å². The van der Waals surface area contributed by atoms with Crippen molar-refractivity contribution in [2.24, 2.45) is 0 Å². The molecule has 1 fully saturated rings. The van der Waals surface area contributed by atoms with Gasteiger partial charge in [0.25, 0.3) is 0 Å². The topological polar surface area (TPSA) is 76.1 Å². The van der Waals surface area contributed by atoms with Gasteiger partial charge in [-0.15, -0.1) is 0 Å². The van der Waals surface area contributed by atoms with Crippen LogP contribution in [0.3, 0.4) is 0 Å². The minimum absolute atomic E-state index is 0.159. The predicted molar refractivity (Wildman–Crippen MR) is 93.3 cm³/mol. The van der Waals surface area contributed by atoms with Gasteiger partial charge in [0.05, 0.1) is 24.3 Å². The van der Waals surface area contributed by atoms with Gasteiger partial charge in [-0.1, -0.05) is 18.2 Å². The van der Waals surface area contributed by atoms with Crippen LogP contribution in [0.2, 0.25) is 0 Å². The highest BCUT2D eigenvalue weighted by Crippen LogP contribution is 2.32. The van der Waals surface area contributed by atoms with E-state index >= 15 is 0 Å². The maximum Gasteiger partial charge on any atom is 0.410 e. The minimum atomic E-state index is -0.971. The number of ether oxygens (including phenoxy) is 2. The summed E-state index contributed by atoms with van der Waals surface area (Å²) in [5, 5.41) is 10.0. The number of esters is 1. The number of β-amino-alcohol motifs (C(OH)–C–C–N with tert-alkyl or cyclic N) is 1. The fourth-order valence-corrected chi connectivity index (χ4v) is 2.94. The van der Waals surface area contributed by atoms with Gasteiger partial charge in [-0.3, -0.25) is 4.90 Å². The Kier molecular flexibility index (Phi) is 5.42. The van der Waals surface area contributed by atoms with Crippen molar-refractivity contribution in [3.8, 4) is 0 Å². The number of nitrogens with zero attached hydrogens (tertiary/aromatic N) is 1. The summed E-state index contributed by atoms with van der Waals surface area (Å²) in [6.07, 6.45) is -0.862. The lowest BCUT2D eigenvalue weighted by Crippen LogP contribution is -2.51. The van der Waals surface area contributed by atoms with E-state index in [0.717, 1.165) is 0 Å². The fraction of sp³-hybridized carbons (Fsp3) is 0.579. The first-order valence-corrected chi connectivity index (χ1v) is 8.46. The number of aliphatic hydroxyl groups is 1. The molecule has 138 valence electrons. The average molecular weight is 349 g/mol. The molecule has 0 aliphatic carbocycles. The van der Waals surface area contributed by atoms with Crippen molar-refractivity contribution in [2.75, 3.05) is 6.54 Å². The molecule has 1 N–H and O–H groups in total. The molecule has 1 heterocycles. The summed E-state index contributed by atoms with van der Waals surface area (Å²) in [6, 6.07) is 8.22. The Morgan fingerprint density at radius 2 is 1.68 bits per heavy atom. The Morgan fingerprint density at radius 3 is 2.24 bits per heavy atom. The van der Waals surface area contributed by atoms with Crippen LogP contribution in [0.15, 0.2) is 30.3 Å². The summed E-state index contributed by atoms with van der Waals surface area (Å²) >= 11 is 0. The van der Waals surface area contributed by atoms with Gasteiger partial charge in [0.15, 0.2) is 0 Å². The molecule has 6 nitrogen and oxygen atoms in total. The van der Waals surface area contributed by atoms with Gasteiger partial charge in [0, 0.05) is 0 Å². The van der Waals surface area contributed by atoms with Crippen LogP contribution < -0.4 is 0 Å². The second kappa shape index (κ2) is 7.04. The molecule has 1 amide bonds. The van der Waals surface area contributed by atoms with E-state index in [2.05, 4.69) is 0 Å². The summed E-state index contributed by atoms with van der Waals surface area (Å²) in [7, 11) is 0. The SMILES string of the molecule is CC(C)(C)OC(=O)N1C[C@H](O)C[C@@H]1C(C)(C)OC(=O)c1ccccc1. The molecule has 1 aromatic rings. The van der Waals surface area contributed by atoms with Crippen molar-refractivity contribution in [3.05, 3.63) is 35.9 Å². The first kappa shape index (κ1) is 19.2. The second-order valence-electron chi connectivity index (χ2n) is 7.90. The van der Waals surface area contributed by atoms with E-state index in [4.69, 9.17) is 9.47 Å². The number of carbonyl (C=O) groups is 2. The molecule has 0 unspecified atom stereocenters. The fourth-order valence-electron chi connectivity index (χ4n) is 2.94. The zero-order chi connectivity index (χ0) is 18.8. The van der Waals surface area contributed by atoms with Crippen LogP contribution in [0.4, 0.5) is 4.79 Å². The van der Waals surface area contributed by atoms with Crippen LogP contribution in [-0.4, -0.2) is 52.0 Å². The zero-order valence-corrected chi connectivity index (χ0v) is 15.5. The molecule has 2 rings (SSSR count). The second-order valence-corrected chi connectivity index (χ2v) is 7.90. The quantitative estimate of drug-likeness (QED) is 0.849. The lowest BCUT2D eigenvalue weighted by Gasteiger charge is -2.37. The highest BCUT2D eigenvalue weighted by molar-refractivity contribution is 5.89. The Bertz CT molecular complexity index is 620. The molecule has 1 aliphatic rings. The van der Waals surface area contributed by atoms with E-state index in [1.807, 2.05) is 6.07 Å². The Hall–Kier alpha value is -2.08. The molecule has 1 aliphatic heterocycles.